The van der Waals surface area contributed by atoms with Gasteiger partial charge in [0.15, 0.2) is 0 Å². The zero-order valence-corrected chi connectivity index (χ0v) is 14.8. The predicted octanol–water partition coefficient (Wildman–Crippen LogP) is 3.74. The summed E-state index contributed by atoms with van der Waals surface area (Å²) in [6.45, 7) is 0. The summed E-state index contributed by atoms with van der Waals surface area (Å²) in [5.74, 6) is 6.77. The summed E-state index contributed by atoms with van der Waals surface area (Å²) in [5, 5.41) is 11.2. The van der Waals surface area contributed by atoms with Gasteiger partial charge >= 0.3 is 0 Å². The number of nitrogens with one attached hydrogen (secondary N) is 3. The van der Waals surface area contributed by atoms with Gasteiger partial charge in [-0.25, -0.2) is 4.98 Å². The maximum atomic E-state index is 10.7. The number of aromatic amines is 1. The van der Waals surface area contributed by atoms with Crippen LogP contribution in [0.2, 0.25) is 0 Å². The summed E-state index contributed by atoms with van der Waals surface area (Å²) in [6, 6.07) is 14.7. The van der Waals surface area contributed by atoms with Crippen molar-refractivity contribution in [2.45, 2.75) is 0 Å². The third-order valence-corrected chi connectivity index (χ3v) is 3.85. The smallest absolute Gasteiger partial charge is 0.150 e. The van der Waals surface area contributed by atoms with Crippen molar-refractivity contribution in [2.75, 3.05) is 12.4 Å². The monoisotopic (exact) mass is 354 g/mol. The second kappa shape index (κ2) is 8.45. The van der Waals surface area contributed by atoms with Crippen LogP contribution >= 0.6 is 0 Å². The molecule has 5 nitrogen and oxygen atoms in total. The van der Waals surface area contributed by atoms with E-state index in [4.69, 9.17) is 5.41 Å². The standard InChI is InChI=1S/C22H18N4O/c1-24-19-4-2-3-16(13-19)7-10-20-14-25-22(26-20)12-11-21(23)18-8-5-17(15-27)6-9-18/h2-6,8-9,11-15,23-24H,1H3,(H,25,26)/b12-11-,23-21?. The summed E-state index contributed by atoms with van der Waals surface area (Å²) >= 11 is 0. The van der Waals surface area contributed by atoms with Gasteiger partial charge in [-0.05, 0) is 41.8 Å². The number of aldehydes is 1. The molecule has 0 aliphatic heterocycles. The highest BCUT2D eigenvalue weighted by Gasteiger charge is 1.99. The van der Waals surface area contributed by atoms with Crippen LogP contribution in [-0.4, -0.2) is 29.0 Å². The molecule has 27 heavy (non-hydrogen) atoms. The van der Waals surface area contributed by atoms with E-state index in [1.54, 1.807) is 42.6 Å². The number of aromatic nitrogens is 2. The number of benzene rings is 2. The first-order chi connectivity index (χ1) is 13.2. The lowest BCUT2D eigenvalue weighted by molar-refractivity contribution is 0.112. The van der Waals surface area contributed by atoms with E-state index in [2.05, 4.69) is 27.1 Å². The first-order valence-corrected chi connectivity index (χ1v) is 8.35. The highest BCUT2D eigenvalue weighted by Crippen LogP contribution is 2.09. The number of hydrogen-bond acceptors (Lipinski definition) is 4. The molecule has 1 aromatic heterocycles. The Hall–Kier alpha value is -3.91. The van der Waals surface area contributed by atoms with E-state index in [-0.39, 0.29) is 0 Å². The topological polar surface area (TPSA) is 81.6 Å². The molecule has 0 radical (unpaired) electrons. The number of allylic oxidation sites excluding steroid dienone is 1. The van der Waals surface area contributed by atoms with E-state index < -0.39 is 0 Å². The molecule has 3 N–H and O–H groups in total. The Morgan fingerprint density at radius 3 is 2.74 bits per heavy atom. The fraction of sp³-hybridized carbons (Fsp3) is 0.0455. The summed E-state index contributed by atoms with van der Waals surface area (Å²) in [5.41, 5.74) is 4.27. The van der Waals surface area contributed by atoms with Gasteiger partial charge in [0, 0.05) is 23.9 Å². The first-order valence-electron chi connectivity index (χ1n) is 8.35. The Labute approximate surface area is 157 Å². The molecule has 0 saturated carbocycles. The second-order valence-corrected chi connectivity index (χ2v) is 5.75. The Balaban J connectivity index is 1.68. The predicted molar refractivity (Wildman–Crippen MR) is 108 cm³/mol. The lowest BCUT2D eigenvalue weighted by atomic mass is 10.1. The Bertz CT molecular complexity index is 1050. The normalized spacial score (nSPS) is 10.3. The van der Waals surface area contributed by atoms with Gasteiger partial charge in [0.1, 0.15) is 17.8 Å². The van der Waals surface area contributed by atoms with E-state index in [1.807, 2.05) is 31.3 Å². The van der Waals surface area contributed by atoms with Crippen molar-refractivity contribution in [3.8, 4) is 11.8 Å². The average Bonchev–Trinajstić information content (AvgIpc) is 3.18. The number of hydrogen-bond donors (Lipinski definition) is 3. The number of carbonyl (C=O) groups is 1. The highest BCUT2D eigenvalue weighted by atomic mass is 16.1. The van der Waals surface area contributed by atoms with Crippen molar-refractivity contribution in [1.82, 2.24) is 9.97 Å². The van der Waals surface area contributed by atoms with Crippen LogP contribution in [-0.2, 0) is 0 Å². The van der Waals surface area contributed by atoms with Crippen LogP contribution in [0.5, 0.6) is 0 Å². The zero-order valence-electron chi connectivity index (χ0n) is 14.8. The largest absolute Gasteiger partial charge is 0.388 e. The third kappa shape index (κ3) is 4.80. The molecule has 0 fully saturated rings. The van der Waals surface area contributed by atoms with Crippen molar-refractivity contribution >= 4 is 23.8 Å². The molecule has 0 aliphatic carbocycles. The number of carbonyl (C=O) groups excluding carboxylic acids is 1. The lowest BCUT2D eigenvalue weighted by Gasteiger charge is -1.98. The van der Waals surface area contributed by atoms with Crippen LogP contribution in [0.1, 0.15) is 33.0 Å². The molecule has 3 aromatic rings. The van der Waals surface area contributed by atoms with E-state index in [0.717, 1.165) is 23.1 Å². The van der Waals surface area contributed by atoms with Gasteiger partial charge in [-0.1, -0.05) is 36.3 Å². The molecular formula is C22H18N4O. The van der Waals surface area contributed by atoms with Crippen LogP contribution in [0.3, 0.4) is 0 Å². The molecule has 3 rings (SSSR count). The molecule has 5 heteroatoms. The molecule has 0 amide bonds. The minimum atomic E-state index is 0.334. The summed E-state index contributed by atoms with van der Waals surface area (Å²) in [7, 11) is 1.87. The van der Waals surface area contributed by atoms with Crippen LogP contribution in [0.4, 0.5) is 5.69 Å². The van der Waals surface area contributed by atoms with Crippen LogP contribution < -0.4 is 5.32 Å². The molecule has 0 aliphatic rings. The number of imidazole rings is 1. The highest BCUT2D eigenvalue weighted by molar-refractivity contribution is 6.08. The zero-order chi connectivity index (χ0) is 19.1. The van der Waals surface area contributed by atoms with Crippen molar-refractivity contribution in [3.63, 3.8) is 0 Å². The molecular weight excluding hydrogens is 336 g/mol. The fourth-order valence-corrected chi connectivity index (χ4v) is 2.38. The molecule has 0 atom stereocenters. The van der Waals surface area contributed by atoms with Gasteiger partial charge in [0.25, 0.3) is 0 Å². The van der Waals surface area contributed by atoms with Gasteiger partial charge < -0.3 is 15.7 Å². The Morgan fingerprint density at radius 1 is 1.19 bits per heavy atom. The van der Waals surface area contributed by atoms with E-state index >= 15 is 0 Å². The average molecular weight is 354 g/mol. The van der Waals surface area contributed by atoms with Crippen molar-refractivity contribution in [3.05, 3.63) is 89.0 Å². The molecule has 0 unspecified atom stereocenters. The van der Waals surface area contributed by atoms with Gasteiger partial charge in [0.2, 0.25) is 0 Å². The number of rotatable bonds is 5. The Morgan fingerprint density at radius 2 is 2.00 bits per heavy atom. The van der Waals surface area contributed by atoms with Gasteiger partial charge in [-0.2, -0.15) is 0 Å². The SMILES string of the molecule is CNc1cccc(C#Cc2cnc(/C=C\C(=N)c3ccc(C=O)cc3)[nH]2)c1. The Kier molecular flexibility index (Phi) is 5.60. The van der Waals surface area contributed by atoms with Crippen molar-refractivity contribution in [2.24, 2.45) is 0 Å². The minimum absolute atomic E-state index is 0.334. The fourth-order valence-electron chi connectivity index (χ4n) is 2.38. The lowest BCUT2D eigenvalue weighted by Crippen LogP contribution is -1.94. The van der Waals surface area contributed by atoms with E-state index in [1.165, 1.54) is 0 Å². The van der Waals surface area contributed by atoms with Crippen LogP contribution in [0.15, 0.2) is 60.8 Å². The molecule has 2 aromatic carbocycles. The molecule has 0 saturated heterocycles. The molecule has 1 heterocycles. The second-order valence-electron chi connectivity index (χ2n) is 5.75. The van der Waals surface area contributed by atoms with Crippen LogP contribution in [0.25, 0.3) is 6.08 Å². The van der Waals surface area contributed by atoms with Crippen molar-refractivity contribution in [1.29, 1.82) is 5.41 Å². The third-order valence-electron chi connectivity index (χ3n) is 3.85. The summed E-state index contributed by atoms with van der Waals surface area (Å²) in [4.78, 5) is 18.0. The summed E-state index contributed by atoms with van der Waals surface area (Å²) < 4.78 is 0. The number of anilines is 1. The maximum Gasteiger partial charge on any atom is 0.150 e. The van der Waals surface area contributed by atoms with Gasteiger partial charge in [-0.15, -0.1) is 0 Å². The van der Waals surface area contributed by atoms with E-state index in [0.29, 0.717) is 22.8 Å². The quantitative estimate of drug-likeness (QED) is 0.371. The molecule has 0 bridgehead atoms. The van der Waals surface area contributed by atoms with E-state index in [9.17, 15) is 4.79 Å². The summed E-state index contributed by atoms with van der Waals surface area (Å²) in [6.07, 6.45) is 5.83. The van der Waals surface area contributed by atoms with Gasteiger partial charge in [-0.3, -0.25) is 4.79 Å². The molecule has 132 valence electrons. The maximum absolute atomic E-state index is 10.7. The number of nitrogens with zero attached hydrogens (tertiary/aromatic N) is 1. The number of H-pyrrole nitrogens is 1. The van der Waals surface area contributed by atoms with Crippen molar-refractivity contribution < 1.29 is 4.79 Å². The molecule has 0 spiro atoms. The minimum Gasteiger partial charge on any atom is -0.388 e. The van der Waals surface area contributed by atoms with Gasteiger partial charge in [0.05, 0.1) is 11.9 Å². The van der Waals surface area contributed by atoms with Crippen LogP contribution in [0, 0.1) is 17.3 Å². The first kappa shape index (κ1) is 17.9.